The molecular formula is C28H56N2. The molecule has 0 aliphatic carbocycles. The zero-order valence-corrected chi connectivity index (χ0v) is 23.2. The first-order chi connectivity index (χ1) is 13.3. The van der Waals surface area contributed by atoms with Crippen molar-refractivity contribution in [3.8, 4) is 0 Å². The van der Waals surface area contributed by atoms with Crippen LogP contribution in [0.2, 0.25) is 0 Å². The molecule has 4 unspecified atom stereocenters. The van der Waals surface area contributed by atoms with Crippen molar-refractivity contribution in [2.45, 2.75) is 133 Å². The van der Waals surface area contributed by atoms with Gasteiger partial charge in [-0.2, -0.15) is 0 Å². The predicted molar refractivity (Wildman–Crippen MR) is 134 cm³/mol. The van der Waals surface area contributed by atoms with Gasteiger partial charge in [0.15, 0.2) is 0 Å². The largest absolute Gasteiger partial charge is 0.297 e. The van der Waals surface area contributed by atoms with Crippen molar-refractivity contribution < 1.29 is 0 Å². The van der Waals surface area contributed by atoms with Crippen LogP contribution >= 0.6 is 0 Å². The smallest absolute Gasteiger partial charge is 0.0183 e. The van der Waals surface area contributed by atoms with E-state index >= 15 is 0 Å². The van der Waals surface area contributed by atoms with E-state index in [0.717, 1.165) is 23.8 Å². The van der Waals surface area contributed by atoms with Crippen molar-refractivity contribution in [1.29, 1.82) is 0 Å². The van der Waals surface area contributed by atoms with Gasteiger partial charge < -0.3 is 0 Å². The summed E-state index contributed by atoms with van der Waals surface area (Å²) in [6.45, 7) is 37.1. The van der Waals surface area contributed by atoms with Gasteiger partial charge in [0.2, 0.25) is 0 Å². The van der Waals surface area contributed by atoms with E-state index in [1.165, 1.54) is 25.9 Å². The summed E-state index contributed by atoms with van der Waals surface area (Å²) in [7, 11) is 0. The third-order valence-electron chi connectivity index (χ3n) is 8.62. The van der Waals surface area contributed by atoms with Crippen LogP contribution in [-0.2, 0) is 0 Å². The lowest BCUT2D eigenvalue weighted by atomic mass is 9.61. The molecule has 2 saturated heterocycles. The van der Waals surface area contributed by atoms with Crippen molar-refractivity contribution in [2.75, 3.05) is 13.1 Å². The second-order valence-electron chi connectivity index (χ2n) is 14.9. The fourth-order valence-electron chi connectivity index (χ4n) is 7.46. The maximum atomic E-state index is 2.92. The summed E-state index contributed by atoms with van der Waals surface area (Å²) in [5, 5.41) is 0. The molecule has 0 spiro atoms. The van der Waals surface area contributed by atoms with E-state index in [-0.39, 0.29) is 5.54 Å². The molecule has 0 bridgehead atoms. The van der Waals surface area contributed by atoms with E-state index < -0.39 is 0 Å². The summed E-state index contributed by atoms with van der Waals surface area (Å²) in [6, 6.07) is 2.04. The van der Waals surface area contributed by atoms with Crippen LogP contribution in [0.4, 0.5) is 0 Å². The first-order valence-corrected chi connectivity index (χ1v) is 12.8. The van der Waals surface area contributed by atoms with Gasteiger partial charge in [0.25, 0.3) is 0 Å². The molecule has 2 nitrogen and oxygen atoms in total. The number of likely N-dealkylation sites (tertiary alicyclic amines) is 2. The van der Waals surface area contributed by atoms with Gasteiger partial charge in [-0.1, -0.05) is 69.2 Å². The minimum atomic E-state index is 0.223. The summed E-state index contributed by atoms with van der Waals surface area (Å²) < 4.78 is 0. The topological polar surface area (TPSA) is 6.48 Å². The van der Waals surface area contributed by atoms with E-state index in [1.807, 2.05) is 0 Å². The molecule has 0 aromatic rings. The Morgan fingerprint density at radius 2 is 1.30 bits per heavy atom. The van der Waals surface area contributed by atoms with Gasteiger partial charge in [-0.15, -0.1) is 0 Å². The van der Waals surface area contributed by atoms with Gasteiger partial charge in [-0.3, -0.25) is 9.80 Å². The maximum absolute atomic E-state index is 2.92. The monoisotopic (exact) mass is 420 g/mol. The molecule has 30 heavy (non-hydrogen) atoms. The van der Waals surface area contributed by atoms with Crippen LogP contribution in [0.15, 0.2) is 0 Å². The Bertz CT molecular complexity index is 572. The molecule has 0 radical (unpaired) electrons. The Morgan fingerprint density at radius 1 is 0.767 bits per heavy atom. The normalized spacial score (nSPS) is 30.4. The van der Waals surface area contributed by atoms with Crippen LogP contribution < -0.4 is 0 Å². The molecule has 2 heterocycles. The third-order valence-corrected chi connectivity index (χ3v) is 8.62. The summed E-state index contributed by atoms with van der Waals surface area (Å²) in [5.41, 5.74) is 1.25. The van der Waals surface area contributed by atoms with Crippen LogP contribution in [0.25, 0.3) is 0 Å². The second-order valence-corrected chi connectivity index (χ2v) is 14.9. The van der Waals surface area contributed by atoms with E-state index in [9.17, 15) is 0 Å². The highest BCUT2D eigenvalue weighted by Crippen LogP contribution is 2.52. The predicted octanol–water partition coefficient (Wildman–Crippen LogP) is 7.33. The standard InChI is InChI=1S/C28H56N2/c1-19(2)23-22(17-29(23)20(3)4)27(11,12)18-28(13,14)30-16-15-21(25(5,6)7)24(30)26(8,9)10/h19-24H,15-18H2,1-14H3. The van der Waals surface area contributed by atoms with Crippen molar-refractivity contribution in [3.05, 3.63) is 0 Å². The Labute approximate surface area is 190 Å². The Hall–Kier alpha value is -0.0800. The maximum Gasteiger partial charge on any atom is 0.0183 e. The molecule has 178 valence electrons. The number of hydrogen-bond donors (Lipinski definition) is 0. The minimum absolute atomic E-state index is 0.223. The summed E-state index contributed by atoms with van der Waals surface area (Å²) in [4.78, 5) is 5.67. The second kappa shape index (κ2) is 8.36. The Balaban J connectivity index is 2.26. The van der Waals surface area contributed by atoms with Crippen molar-refractivity contribution in [1.82, 2.24) is 9.80 Å². The molecule has 2 rings (SSSR count). The van der Waals surface area contributed by atoms with Crippen molar-refractivity contribution in [2.24, 2.45) is 34.0 Å². The van der Waals surface area contributed by atoms with Gasteiger partial charge in [0, 0.05) is 30.2 Å². The van der Waals surface area contributed by atoms with Gasteiger partial charge >= 0.3 is 0 Å². The fraction of sp³-hybridized carbons (Fsp3) is 1.00. The number of nitrogens with zero attached hydrogens (tertiary/aromatic N) is 2. The lowest BCUT2D eigenvalue weighted by Crippen LogP contribution is -2.66. The highest BCUT2D eigenvalue weighted by atomic mass is 15.3. The summed E-state index contributed by atoms with van der Waals surface area (Å²) in [5.74, 6) is 2.30. The van der Waals surface area contributed by atoms with Crippen LogP contribution in [0, 0.1) is 34.0 Å². The molecule has 2 aliphatic heterocycles. The van der Waals surface area contributed by atoms with Crippen LogP contribution in [-0.4, -0.2) is 46.6 Å². The van der Waals surface area contributed by atoms with Crippen molar-refractivity contribution >= 4 is 0 Å². The molecule has 0 amide bonds. The first-order valence-electron chi connectivity index (χ1n) is 12.8. The van der Waals surface area contributed by atoms with Gasteiger partial charge in [0.1, 0.15) is 0 Å². The lowest BCUT2D eigenvalue weighted by molar-refractivity contribution is -0.110. The molecule has 0 N–H and O–H groups in total. The van der Waals surface area contributed by atoms with E-state index in [1.54, 1.807) is 0 Å². The van der Waals surface area contributed by atoms with Gasteiger partial charge in [-0.25, -0.2) is 0 Å². The average Bonchev–Trinajstić information content (AvgIpc) is 2.88. The van der Waals surface area contributed by atoms with Gasteiger partial charge in [-0.05, 0) is 81.1 Å². The third kappa shape index (κ3) is 5.11. The SMILES string of the molecule is CC(C)C1C(C(C)(C)CC(C)(C)N2CCC(C(C)(C)C)C2C(C)(C)C)CN1C(C)C. The number of hydrogen-bond acceptors (Lipinski definition) is 2. The molecule has 2 heteroatoms. The Kier molecular flexibility index (Phi) is 7.30. The zero-order chi connectivity index (χ0) is 23.4. The van der Waals surface area contributed by atoms with E-state index in [4.69, 9.17) is 0 Å². The number of rotatable bonds is 6. The highest BCUT2D eigenvalue weighted by molar-refractivity contribution is 5.07. The van der Waals surface area contributed by atoms with Gasteiger partial charge in [0.05, 0.1) is 0 Å². The van der Waals surface area contributed by atoms with Crippen molar-refractivity contribution in [3.63, 3.8) is 0 Å². The first kappa shape index (κ1) is 26.2. The summed E-state index contributed by atoms with van der Waals surface area (Å²) >= 11 is 0. The lowest BCUT2D eigenvalue weighted by Gasteiger charge is -2.60. The molecule has 4 atom stereocenters. The average molecular weight is 421 g/mol. The van der Waals surface area contributed by atoms with E-state index in [2.05, 4.69) is 107 Å². The minimum Gasteiger partial charge on any atom is -0.297 e. The molecule has 0 aromatic carbocycles. The van der Waals surface area contributed by atoms with Crippen LogP contribution in [0.1, 0.15) is 110 Å². The quantitative estimate of drug-likeness (QED) is 0.444. The van der Waals surface area contributed by atoms with Crippen LogP contribution in [0.3, 0.4) is 0 Å². The zero-order valence-electron chi connectivity index (χ0n) is 23.2. The fourth-order valence-corrected chi connectivity index (χ4v) is 7.46. The highest BCUT2D eigenvalue weighted by Gasteiger charge is 2.54. The molecule has 2 fully saturated rings. The molecular weight excluding hydrogens is 364 g/mol. The molecule has 0 aromatic heterocycles. The Morgan fingerprint density at radius 3 is 1.70 bits per heavy atom. The van der Waals surface area contributed by atoms with Crippen LogP contribution in [0.5, 0.6) is 0 Å². The van der Waals surface area contributed by atoms with E-state index in [0.29, 0.717) is 28.3 Å². The summed E-state index contributed by atoms with van der Waals surface area (Å²) in [6.07, 6.45) is 2.62. The molecule has 2 aliphatic rings. The molecule has 0 saturated carbocycles.